The van der Waals surface area contributed by atoms with Gasteiger partial charge in [-0.1, -0.05) is 30.3 Å². The Morgan fingerprint density at radius 2 is 1.89 bits per heavy atom. The number of nitrogens with zero attached hydrogens (tertiary/aromatic N) is 2. The van der Waals surface area contributed by atoms with Crippen molar-refractivity contribution < 1.29 is 9.53 Å². The maximum absolute atomic E-state index is 12.9. The first-order chi connectivity index (χ1) is 13.2. The predicted molar refractivity (Wildman–Crippen MR) is 104 cm³/mol. The van der Waals surface area contributed by atoms with E-state index in [1.807, 2.05) is 36.4 Å². The van der Waals surface area contributed by atoms with Crippen LogP contribution in [0.1, 0.15) is 11.3 Å². The number of amides is 1. The van der Waals surface area contributed by atoms with Gasteiger partial charge in [-0.3, -0.25) is 19.1 Å². The second-order valence-corrected chi connectivity index (χ2v) is 5.68. The van der Waals surface area contributed by atoms with Gasteiger partial charge in [0.2, 0.25) is 0 Å². The van der Waals surface area contributed by atoms with E-state index in [-0.39, 0.29) is 23.7 Å². The Balaban J connectivity index is 1.97. The van der Waals surface area contributed by atoms with Gasteiger partial charge in [-0.2, -0.15) is 0 Å². The number of aromatic nitrogens is 2. The van der Waals surface area contributed by atoms with Gasteiger partial charge < -0.3 is 10.1 Å². The van der Waals surface area contributed by atoms with Crippen molar-refractivity contribution >= 4 is 17.7 Å². The molecule has 0 saturated heterocycles. The molecule has 2 aromatic heterocycles. The normalized spacial score (nSPS) is 11.1. The van der Waals surface area contributed by atoms with Crippen LogP contribution in [-0.4, -0.2) is 22.6 Å². The van der Waals surface area contributed by atoms with Crippen molar-refractivity contribution in [1.29, 1.82) is 0 Å². The van der Waals surface area contributed by atoms with E-state index in [1.165, 1.54) is 10.6 Å². The highest BCUT2D eigenvalue weighted by Crippen LogP contribution is 2.21. The van der Waals surface area contributed by atoms with Crippen LogP contribution in [0.15, 0.2) is 77.9 Å². The summed E-state index contributed by atoms with van der Waals surface area (Å²) in [6, 6.07) is 17.5. The Morgan fingerprint density at radius 1 is 1.11 bits per heavy atom. The summed E-state index contributed by atoms with van der Waals surface area (Å²) in [6.45, 7) is 0.254. The first kappa shape index (κ1) is 18.1. The Kier molecular flexibility index (Phi) is 5.79. The minimum atomic E-state index is -0.389. The molecular weight excluding hydrogens is 342 g/mol. The lowest BCUT2D eigenvalue weighted by atomic mass is 10.1. The lowest BCUT2D eigenvalue weighted by Crippen LogP contribution is -2.30. The molecule has 3 aromatic rings. The van der Waals surface area contributed by atoms with Crippen molar-refractivity contribution in [2.75, 3.05) is 7.11 Å². The van der Waals surface area contributed by atoms with Gasteiger partial charge in [0.15, 0.2) is 0 Å². The number of benzene rings is 1. The second kappa shape index (κ2) is 8.62. The van der Waals surface area contributed by atoms with Crippen LogP contribution >= 0.6 is 0 Å². The Bertz CT molecular complexity index is 1010. The van der Waals surface area contributed by atoms with Gasteiger partial charge in [-0.05, 0) is 30.3 Å². The van der Waals surface area contributed by atoms with E-state index < -0.39 is 0 Å². The summed E-state index contributed by atoms with van der Waals surface area (Å²) in [6.07, 6.45) is 4.85. The molecule has 3 rings (SSSR count). The number of para-hydroxylation sites is 1. The molecule has 0 radical (unpaired) electrons. The number of carbonyl (C=O) groups excluding carboxylic acids is 1. The summed E-state index contributed by atoms with van der Waals surface area (Å²) >= 11 is 0. The van der Waals surface area contributed by atoms with Gasteiger partial charge in [-0.15, -0.1) is 0 Å². The van der Waals surface area contributed by atoms with Gasteiger partial charge in [-0.25, -0.2) is 0 Å². The fourth-order valence-corrected chi connectivity index (χ4v) is 2.57. The van der Waals surface area contributed by atoms with Crippen molar-refractivity contribution in [2.45, 2.75) is 6.54 Å². The molecule has 0 aliphatic heterocycles. The fourth-order valence-electron chi connectivity index (χ4n) is 2.57. The summed E-state index contributed by atoms with van der Waals surface area (Å²) in [5.41, 5.74) is 1.31. The van der Waals surface area contributed by atoms with E-state index in [0.29, 0.717) is 11.3 Å². The summed E-state index contributed by atoms with van der Waals surface area (Å²) < 4.78 is 6.65. The number of carbonyl (C=O) groups is 1. The van der Waals surface area contributed by atoms with Crippen LogP contribution in [0.4, 0.5) is 0 Å². The standard InChI is InChI=1S/C21H19N3O3/c1-27-19-10-3-2-8-16(19)14-18(24-13-7-5-11-20(24)25)21(26)23-15-17-9-4-6-12-22-17/h2-14H,15H2,1H3,(H,23,26)/b18-14+. The minimum Gasteiger partial charge on any atom is -0.496 e. The molecular formula is C21H19N3O3. The van der Waals surface area contributed by atoms with Crippen LogP contribution < -0.4 is 15.6 Å². The van der Waals surface area contributed by atoms with Crippen molar-refractivity contribution in [3.8, 4) is 5.75 Å². The number of hydrogen-bond donors (Lipinski definition) is 1. The van der Waals surface area contributed by atoms with Crippen LogP contribution in [0, 0.1) is 0 Å². The third-order valence-electron chi connectivity index (χ3n) is 3.90. The first-order valence-corrected chi connectivity index (χ1v) is 8.40. The van der Waals surface area contributed by atoms with E-state index in [4.69, 9.17) is 4.74 Å². The number of hydrogen-bond acceptors (Lipinski definition) is 4. The summed E-state index contributed by atoms with van der Waals surface area (Å²) in [5, 5.41) is 2.81. The van der Waals surface area contributed by atoms with E-state index in [2.05, 4.69) is 10.3 Å². The summed E-state index contributed by atoms with van der Waals surface area (Å²) in [7, 11) is 1.56. The molecule has 6 nitrogen and oxygen atoms in total. The number of pyridine rings is 2. The SMILES string of the molecule is COc1ccccc1/C=C(\C(=O)NCc1ccccn1)n1ccccc1=O. The molecule has 27 heavy (non-hydrogen) atoms. The molecule has 0 unspecified atom stereocenters. The molecule has 1 N–H and O–H groups in total. The molecule has 0 saturated carbocycles. The fraction of sp³-hybridized carbons (Fsp3) is 0.0952. The largest absolute Gasteiger partial charge is 0.496 e. The third kappa shape index (κ3) is 4.49. The highest BCUT2D eigenvalue weighted by molar-refractivity contribution is 6.18. The lowest BCUT2D eigenvalue weighted by Gasteiger charge is -2.12. The monoisotopic (exact) mass is 361 g/mol. The molecule has 0 fully saturated rings. The number of methoxy groups -OCH3 is 1. The number of rotatable bonds is 6. The van der Waals surface area contributed by atoms with Crippen LogP contribution in [0.3, 0.4) is 0 Å². The number of ether oxygens (including phenoxy) is 1. The molecule has 0 bridgehead atoms. The molecule has 0 aliphatic rings. The summed E-state index contributed by atoms with van der Waals surface area (Å²) in [5.74, 6) is 0.219. The quantitative estimate of drug-likeness (QED) is 0.685. The Labute approximate surface area is 156 Å². The second-order valence-electron chi connectivity index (χ2n) is 5.68. The zero-order valence-electron chi connectivity index (χ0n) is 14.8. The van der Waals surface area contributed by atoms with Crippen molar-refractivity contribution in [3.05, 3.63) is 94.7 Å². The van der Waals surface area contributed by atoms with Crippen LogP contribution in [0.2, 0.25) is 0 Å². The van der Waals surface area contributed by atoms with Gasteiger partial charge in [0.1, 0.15) is 11.4 Å². The molecule has 6 heteroatoms. The van der Waals surface area contributed by atoms with Crippen molar-refractivity contribution in [1.82, 2.24) is 14.9 Å². The smallest absolute Gasteiger partial charge is 0.268 e. The van der Waals surface area contributed by atoms with E-state index in [1.54, 1.807) is 43.8 Å². The van der Waals surface area contributed by atoms with Gasteiger partial charge >= 0.3 is 0 Å². The molecule has 0 spiro atoms. The van der Waals surface area contributed by atoms with Gasteiger partial charge in [0.25, 0.3) is 11.5 Å². The molecule has 136 valence electrons. The number of nitrogens with one attached hydrogen (secondary N) is 1. The summed E-state index contributed by atoms with van der Waals surface area (Å²) in [4.78, 5) is 29.3. The van der Waals surface area contributed by atoms with Gasteiger partial charge in [0, 0.05) is 24.0 Å². The lowest BCUT2D eigenvalue weighted by molar-refractivity contribution is -0.116. The Morgan fingerprint density at radius 3 is 2.63 bits per heavy atom. The maximum atomic E-state index is 12.9. The molecule has 1 aromatic carbocycles. The zero-order valence-corrected chi connectivity index (χ0v) is 14.8. The zero-order chi connectivity index (χ0) is 19.1. The highest BCUT2D eigenvalue weighted by atomic mass is 16.5. The average Bonchev–Trinajstić information content (AvgIpc) is 2.72. The van der Waals surface area contributed by atoms with Crippen LogP contribution in [0.25, 0.3) is 11.8 Å². The average molecular weight is 361 g/mol. The topological polar surface area (TPSA) is 73.2 Å². The van der Waals surface area contributed by atoms with Crippen LogP contribution in [-0.2, 0) is 11.3 Å². The molecule has 0 aliphatic carbocycles. The van der Waals surface area contributed by atoms with E-state index in [9.17, 15) is 9.59 Å². The molecule has 1 amide bonds. The van der Waals surface area contributed by atoms with Gasteiger partial charge in [0.05, 0.1) is 19.3 Å². The van der Waals surface area contributed by atoms with E-state index >= 15 is 0 Å². The third-order valence-corrected chi connectivity index (χ3v) is 3.90. The van der Waals surface area contributed by atoms with E-state index in [0.717, 1.165) is 5.69 Å². The van der Waals surface area contributed by atoms with Crippen molar-refractivity contribution in [2.24, 2.45) is 0 Å². The first-order valence-electron chi connectivity index (χ1n) is 8.40. The van der Waals surface area contributed by atoms with Crippen LogP contribution in [0.5, 0.6) is 5.75 Å². The Hall–Kier alpha value is -3.67. The highest BCUT2D eigenvalue weighted by Gasteiger charge is 2.14. The molecule has 0 atom stereocenters. The predicted octanol–water partition coefficient (Wildman–Crippen LogP) is 2.57. The maximum Gasteiger partial charge on any atom is 0.268 e. The molecule has 2 heterocycles. The van der Waals surface area contributed by atoms with Crippen molar-refractivity contribution in [3.63, 3.8) is 0 Å². The minimum absolute atomic E-state index is 0.195.